The van der Waals surface area contributed by atoms with Crippen LogP contribution in [0.15, 0.2) is 47.0 Å². The first-order valence-electron chi connectivity index (χ1n) is 9.60. The van der Waals surface area contributed by atoms with Crippen molar-refractivity contribution in [3.63, 3.8) is 0 Å². The molecule has 0 spiro atoms. The van der Waals surface area contributed by atoms with Gasteiger partial charge in [-0.05, 0) is 69.2 Å². The molecule has 28 heavy (non-hydrogen) atoms. The highest BCUT2D eigenvalue weighted by molar-refractivity contribution is 5.76. The number of hydrogen-bond donors (Lipinski definition) is 2. The Morgan fingerprint density at radius 3 is 2.25 bits per heavy atom. The lowest BCUT2D eigenvalue weighted by Gasteiger charge is -2.27. The van der Waals surface area contributed by atoms with E-state index in [0.29, 0.717) is 13.1 Å². The molecule has 0 saturated heterocycles. The third-order valence-electron chi connectivity index (χ3n) is 5.00. The summed E-state index contributed by atoms with van der Waals surface area (Å²) in [7, 11) is 0. The zero-order valence-electron chi connectivity index (χ0n) is 17.1. The van der Waals surface area contributed by atoms with Crippen LogP contribution < -0.4 is 21.5 Å². The quantitative estimate of drug-likeness (QED) is 0.476. The smallest absolute Gasteiger partial charge is 0.141 e. The summed E-state index contributed by atoms with van der Waals surface area (Å²) in [4.78, 5) is 2.30. The van der Waals surface area contributed by atoms with Crippen molar-refractivity contribution in [1.82, 2.24) is 5.16 Å². The summed E-state index contributed by atoms with van der Waals surface area (Å²) in [6.45, 7) is 10.2. The van der Waals surface area contributed by atoms with Gasteiger partial charge in [0.2, 0.25) is 0 Å². The fourth-order valence-corrected chi connectivity index (χ4v) is 3.54. The lowest BCUT2D eigenvalue weighted by molar-refractivity contribution is 0.393. The molecule has 0 aliphatic heterocycles. The number of benzene rings is 2. The van der Waals surface area contributed by atoms with Gasteiger partial charge in [0.1, 0.15) is 5.76 Å². The van der Waals surface area contributed by atoms with Crippen LogP contribution in [0.1, 0.15) is 23.9 Å². The molecule has 2 aromatic carbocycles. The molecule has 1 heterocycles. The molecule has 0 saturated carbocycles. The topological polar surface area (TPSA) is 84.5 Å². The average molecular weight is 380 g/mol. The van der Waals surface area contributed by atoms with Crippen LogP contribution in [-0.4, -0.2) is 24.8 Å². The van der Waals surface area contributed by atoms with Gasteiger partial charge in [0.15, 0.2) is 0 Å². The van der Waals surface area contributed by atoms with Crippen LogP contribution in [0.25, 0.3) is 11.1 Å². The zero-order chi connectivity index (χ0) is 20.3. The molecular formula is C22H29N5O. The Morgan fingerprint density at radius 1 is 1.00 bits per heavy atom. The minimum Gasteiger partial charge on any atom is -0.361 e. The van der Waals surface area contributed by atoms with Crippen LogP contribution >= 0.6 is 0 Å². The van der Waals surface area contributed by atoms with Crippen LogP contribution in [0.5, 0.6) is 0 Å². The van der Waals surface area contributed by atoms with Crippen molar-refractivity contribution in [3.05, 3.63) is 59.5 Å². The molecule has 0 aliphatic carbocycles. The molecule has 3 aromatic rings. The highest BCUT2D eigenvalue weighted by Gasteiger charge is 2.16. The molecule has 0 bridgehead atoms. The molecule has 0 radical (unpaired) electrons. The van der Waals surface area contributed by atoms with Crippen molar-refractivity contribution < 1.29 is 4.52 Å². The summed E-state index contributed by atoms with van der Waals surface area (Å²) in [5.41, 5.74) is 13.1. The van der Waals surface area contributed by atoms with Crippen LogP contribution in [0.4, 0.5) is 17.1 Å². The van der Waals surface area contributed by atoms with Gasteiger partial charge in [0, 0.05) is 36.6 Å². The summed E-state index contributed by atoms with van der Waals surface area (Å²) >= 11 is 0. The SMILES string of the molecule is CCN(c1ccc(N(N)CCN)cc1)c1cc(-c2c(C)noc2C)ccc1C. The summed E-state index contributed by atoms with van der Waals surface area (Å²) < 4.78 is 5.36. The van der Waals surface area contributed by atoms with E-state index in [-0.39, 0.29) is 0 Å². The Hall–Kier alpha value is -2.83. The first kappa shape index (κ1) is 19.9. The van der Waals surface area contributed by atoms with Gasteiger partial charge in [-0.25, -0.2) is 5.84 Å². The van der Waals surface area contributed by atoms with E-state index in [4.69, 9.17) is 16.1 Å². The van der Waals surface area contributed by atoms with Crippen molar-refractivity contribution in [2.75, 3.05) is 29.5 Å². The van der Waals surface area contributed by atoms with Crippen molar-refractivity contribution in [2.24, 2.45) is 11.6 Å². The Balaban J connectivity index is 1.97. The van der Waals surface area contributed by atoms with Gasteiger partial charge in [0.05, 0.1) is 11.4 Å². The third-order valence-corrected chi connectivity index (χ3v) is 5.00. The Labute approximate surface area is 166 Å². The second-order valence-corrected chi connectivity index (χ2v) is 6.94. The molecule has 0 aliphatic rings. The number of nitrogens with two attached hydrogens (primary N) is 2. The average Bonchev–Trinajstić information content (AvgIpc) is 3.03. The number of aromatic nitrogens is 1. The van der Waals surface area contributed by atoms with Crippen molar-refractivity contribution >= 4 is 17.1 Å². The molecule has 6 nitrogen and oxygen atoms in total. The minimum absolute atomic E-state index is 0.521. The zero-order valence-corrected chi connectivity index (χ0v) is 17.1. The fraction of sp³-hybridized carbons (Fsp3) is 0.318. The lowest BCUT2D eigenvalue weighted by atomic mass is 10.0. The Kier molecular flexibility index (Phi) is 6.02. The van der Waals surface area contributed by atoms with Crippen molar-refractivity contribution in [2.45, 2.75) is 27.7 Å². The molecule has 0 unspecified atom stereocenters. The van der Waals surface area contributed by atoms with E-state index in [1.807, 2.05) is 26.0 Å². The van der Waals surface area contributed by atoms with Crippen LogP contribution in [0.2, 0.25) is 0 Å². The largest absolute Gasteiger partial charge is 0.361 e. The first-order valence-corrected chi connectivity index (χ1v) is 9.60. The Bertz CT molecular complexity index is 913. The van der Waals surface area contributed by atoms with E-state index in [9.17, 15) is 0 Å². The van der Waals surface area contributed by atoms with Gasteiger partial charge >= 0.3 is 0 Å². The normalized spacial score (nSPS) is 10.9. The minimum atomic E-state index is 0.521. The van der Waals surface area contributed by atoms with Crippen LogP contribution in [0, 0.1) is 20.8 Å². The molecule has 0 amide bonds. The van der Waals surface area contributed by atoms with Crippen molar-refractivity contribution in [1.29, 1.82) is 0 Å². The fourth-order valence-electron chi connectivity index (χ4n) is 3.54. The third kappa shape index (κ3) is 3.88. The van der Waals surface area contributed by atoms with E-state index in [0.717, 1.165) is 40.5 Å². The highest BCUT2D eigenvalue weighted by Crippen LogP contribution is 2.35. The maximum Gasteiger partial charge on any atom is 0.141 e. The molecular weight excluding hydrogens is 350 g/mol. The number of hydrazine groups is 1. The second-order valence-electron chi connectivity index (χ2n) is 6.94. The molecule has 0 atom stereocenters. The standard InChI is InChI=1S/C22H29N5O/c1-5-26(19-8-10-20(11-9-19)27(24)13-12-23)21-14-18(7-6-15(21)2)22-16(3)25-28-17(22)4/h6-11,14H,5,12-13,23-24H2,1-4H3. The molecule has 4 N–H and O–H groups in total. The van der Waals surface area contributed by atoms with E-state index in [1.54, 1.807) is 5.01 Å². The summed E-state index contributed by atoms with van der Waals surface area (Å²) in [5, 5.41) is 5.77. The number of aryl methyl sites for hydroxylation is 3. The van der Waals surface area contributed by atoms with Crippen LogP contribution in [-0.2, 0) is 0 Å². The summed E-state index contributed by atoms with van der Waals surface area (Å²) in [6.07, 6.45) is 0. The van der Waals surface area contributed by atoms with E-state index < -0.39 is 0 Å². The van der Waals surface area contributed by atoms with Gasteiger partial charge in [-0.3, -0.25) is 0 Å². The molecule has 148 valence electrons. The first-order chi connectivity index (χ1) is 13.5. The maximum atomic E-state index is 6.03. The predicted octanol–water partition coefficient (Wildman–Crippen LogP) is 4.06. The van der Waals surface area contributed by atoms with Crippen molar-refractivity contribution in [3.8, 4) is 11.1 Å². The number of hydrogen-bond acceptors (Lipinski definition) is 6. The Morgan fingerprint density at radius 2 is 1.68 bits per heavy atom. The maximum absolute atomic E-state index is 6.03. The van der Waals surface area contributed by atoms with Gasteiger partial charge in [-0.2, -0.15) is 0 Å². The van der Waals surface area contributed by atoms with Gasteiger partial charge in [0.25, 0.3) is 0 Å². The number of nitrogens with zero attached hydrogens (tertiary/aromatic N) is 3. The predicted molar refractivity (Wildman–Crippen MR) is 116 cm³/mol. The van der Waals surface area contributed by atoms with E-state index in [1.165, 1.54) is 11.3 Å². The second kappa shape index (κ2) is 8.46. The molecule has 1 aromatic heterocycles. The van der Waals surface area contributed by atoms with E-state index in [2.05, 4.69) is 54.2 Å². The summed E-state index contributed by atoms with van der Waals surface area (Å²) in [5.74, 6) is 6.86. The molecule has 3 rings (SSSR count). The molecule has 0 fully saturated rings. The van der Waals surface area contributed by atoms with Crippen LogP contribution in [0.3, 0.4) is 0 Å². The van der Waals surface area contributed by atoms with E-state index >= 15 is 0 Å². The number of anilines is 3. The van der Waals surface area contributed by atoms with Gasteiger partial charge < -0.3 is 20.2 Å². The molecule has 6 heteroatoms. The monoisotopic (exact) mass is 379 g/mol. The lowest BCUT2D eigenvalue weighted by Crippen LogP contribution is -2.35. The van der Waals surface area contributed by atoms with Gasteiger partial charge in [-0.15, -0.1) is 0 Å². The van der Waals surface area contributed by atoms with Gasteiger partial charge in [-0.1, -0.05) is 17.3 Å². The highest BCUT2D eigenvalue weighted by atomic mass is 16.5. The number of rotatable bonds is 7. The summed E-state index contributed by atoms with van der Waals surface area (Å²) in [6, 6.07) is 14.7.